The Kier molecular flexibility index (Phi) is 11.8. The number of aliphatic carboxylic acids is 1. The number of rotatable bonds is 15. The first-order valence-electron chi connectivity index (χ1n) is 13.7. The van der Waals surface area contributed by atoms with Crippen LogP contribution in [0.25, 0.3) is 10.9 Å². The second kappa shape index (κ2) is 15.3. The highest BCUT2D eigenvalue weighted by Gasteiger charge is 2.31. The van der Waals surface area contributed by atoms with Gasteiger partial charge in [-0.05, 0) is 53.7 Å². The molecule has 0 radical (unpaired) electrons. The van der Waals surface area contributed by atoms with Gasteiger partial charge in [0.25, 0.3) is 0 Å². The van der Waals surface area contributed by atoms with Gasteiger partial charge in [-0.3, -0.25) is 14.4 Å². The molecule has 3 aromatic rings. The highest BCUT2D eigenvalue weighted by Crippen LogP contribution is 2.19. The summed E-state index contributed by atoms with van der Waals surface area (Å²) in [5, 5.41) is 28.5. The molecule has 0 aliphatic rings. The van der Waals surface area contributed by atoms with E-state index in [4.69, 9.17) is 5.73 Å². The Morgan fingerprint density at radius 2 is 1.50 bits per heavy atom. The van der Waals surface area contributed by atoms with Crippen LogP contribution < -0.4 is 21.7 Å². The smallest absolute Gasteiger partial charge is 0.326 e. The molecule has 42 heavy (non-hydrogen) atoms. The van der Waals surface area contributed by atoms with Crippen molar-refractivity contribution in [2.45, 2.75) is 57.3 Å². The van der Waals surface area contributed by atoms with Gasteiger partial charge in [0, 0.05) is 29.9 Å². The Morgan fingerprint density at radius 1 is 0.881 bits per heavy atom. The van der Waals surface area contributed by atoms with Crippen molar-refractivity contribution in [1.82, 2.24) is 20.9 Å². The highest BCUT2D eigenvalue weighted by molar-refractivity contribution is 7.98. The van der Waals surface area contributed by atoms with E-state index >= 15 is 0 Å². The molecule has 0 saturated carbocycles. The van der Waals surface area contributed by atoms with Gasteiger partial charge in [-0.25, -0.2) is 4.79 Å². The average molecular weight is 598 g/mol. The lowest BCUT2D eigenvalue weighted by atomic mass is 10.0. The van der Waals surface area contributed by atoms with E-state index in [1.165, 1.54) is 23.9 Å². The quantitative estimate of drug-likeness (QED) is 0.138. The minimum Gasteiger partial charge on any atom is -0.508 e. The number of aromatic amines is 1. The third-order valence-corrected chi connectivity index (χ3v) is 7.63. The zero-order valence-electron chi connectivity index (χ0n) is 23.9. The van der Waals surface area contributed by atoms with Gasteiger partial charge in [0.15, 0.2) is 0 Å². The van der Waals surface area contributed by atoms with Gasteiger partial charge in [-0.15, -0.1) is 0 Å². The number of phenolic OH excluding ortho intramolecular Hbond substituents is 1. The molecule has 0 spiro atoms. The van der Waals surface area contributed by atoms with Crippen LogP contribution in [0, 0.1) is 5.92 Å². The summed E-state index contributed by atoms with van der Waals surface area (Å²) in [5.41, 5.74) is 8.18. The first kappa shape index (κ1) is 32.5. The van der Waals surface area contributed by atoms with Crippen LogP contribution in [0.5, 0.6) is 5.75 Å². The third-order valence-electron chi connectivity index (χ3n) is 6.99. The van der Waals surface area contributed by atoms with Crippen LogP contribution in [0.3, 0.4) is 0 Å². The maximum atomic E-state index is 13.6. The number of amides is 3. The zero-order valence-corrected chi connectivity index (χ0v) is 24.7. The maximum Gasteiger partial charge on any atom is 0.326 e. The number of carbonyl (C=O) groups excluding carboxylic acids is 3. The monoisotopic (exact) mass is 597 g/mol. The second-order valence-corrected chi connectivity index (χ2v) is 11.5. The largest absolute Gasteiger partial charge is 0.508 e. The van der Waals surface area contributed by atoms with Gasteiger partial charge < -0.3 is 36.9 Å². The number of carbonyl (C=O) groups is 4. The number of H-pyrrole nitrogens is 1. The Morgan fingerprint density at radius 3 is 2.14 bits per heavy atom. The van der Waals surface area contributed by atoms with Crippen LogP contribution in [0.1, 0.15) is 31.4 Å². The Balaban J connectivity index is 1.83. The topological polar surface area (TPSA) is 187 Å². The van der Waals surface area contributed by atoms with Crippen molar-refractivity contribution in [3.8, 4) is 5.75 Å². The van der Waals surface area contributed by atoms with Crippen molar-refractivity contribution in [3.05, 3.63) is 65.9 Å². The number of phenols is 1. The Labute approximate surface area is 249 Å². The standard InChI is InChI=1S/C30H39N5O6S/c1-17(2)26(31)29(39)33-23(12-13-42-3)27(37)34-24(14-18-8-10-20(36)11-9-18)28(38)35-25(30(40)41)15-19-16-32-22-7-5-4-6-21(19)22/h4-11,16-17,23-26,32,36H,12-15,31H2,1-3H3,(H,33,39)(H,34,37)(H,35,38)(H,40,41). The lowest BCUT2D eigenvalue weighted by Crippen LogP contribution is -2.58. The fourth-order valence-electron chi connectivity index (χ4n) is 4.42. The molecule has 0 aliphatic carbocycles. The molecule has 0 fully saturated rings. The summed E-state index contributed by atoms with van der Waals surface area (Å²) in [6.07, 6.45) is 3.92. The van der Waals surface area contributed by atoms with Crippen molar-refractivity contribution in [3.63, 3.8) is 0 Å². The van der Waals surface area contributed by atoms with E-state index in [1.54, 1.807) is 32.2 Å². The molecular formula is C30H39N5O6S. The number of aromatic hydroxyl groups is 1. The number of aromatic nitrogens is 1. The van der Waals surface area contributed by atoms with Gasteiger partial charge in [0.1, 0.15) is 23.9 Å². The number of para-hydroxylation sites is 1. The highest BCUT2D eigenvalue weighted by atomic mass is 32.2. The van der Waals surface area contributed by atoms with E-state index < -0.39 is 47.9 Å². The van der Waals surface area contributed by atoms with Crippen LogP contribution in [0.15, 0.2) is 54.7 Å². The number of carboxylic acids is 1. The van der Waals surface area contributed by atoms with Crippen LogP contribution in [0.4, 0.5) is 0 Å². The van der Waals surface area contributed by atoms with Crippen molar-refractivity contribution >= 4 is 46.4 Å². The van der Waals surface area contributed by atoms with Crippen molar-refractivity contribution < 1.29 is 29.4 Å². The predicted octanol–water partition coefficient (Wildman–Crippen LogP) is 1.93. The normalized spacial score (nSPS) is 14.1. The summed E-state index contributed by atoms with van der Waals surface area (Å²) in [7, 11) is 0. The van der Waals surface area contributed by atoms with E-state index in [2.05, 4.69) is 20.9 Å². The van der Waals surface area contributed by atoms with Crippen molar-refractivity contribution in [1.29, 1.82) is 0 Å². The molecule has 226 valence electrons. The molecule has 11 nitrogen and oxygen atoms in total. The fraction of sp³-hybridized carbons (Fsp3) is 0.400. The molecule has 4 unspecified atom stereocenters. The first-order valence-corrected chi connectivity index (χ1v) is 15.1. The molecule has 4 atom stereocenters. The molecular weight excluding hydrogens is 558 g/mol. The van der Waals surface area contributed by atoms with E-state index in [-0.39, 0.29) is 24.5 Å². The molecule has 3 amide bonds. The number of hydrogen-bond acceptors (Lipinski definition) is 7. The summed E-state index contributed by atoms with van der Waals surface area (Å²) >= 11 is 1.50. The lowest BCUT2D eigenvalue weighted by molar-refractivity contribution is -0.142. The number of carboxylic acid groups (broad SMARTS) is 1. The van der Waals surface area contributed by atoms with E-state index in [9.17, 15) is 29.4 Å². The van der Waals surface area contributed by atoms with E-state index in [0.717, 1.165) is 16.5 Å². The molecule has 12 heteroatoms. The van der Waals surface area contributed by atoms with Gasteiger partial charge in [-0.1, -0.05) is 44.2 Å². The number of fused-ring (bicyclic) bond motifs is 1. The maximum absolute atomic E-state index is 13.6. The molecule has 0 aliphatic heterocycles. The third kappa shape index (κ3) is 8.98. The van der Waals surface area contributed by atoms with Gasteiger partial charge >= 0.3 is 5.97 Å². The number of hydrogen-bond donors (Lipinski definition) is 7. The summed E-state index contributed by atoms with van der Waals surface area (Å²) in [6.45, 7) is 3.60. The van der Waals surface area contributed by atoms with Gasteiger partial charge in [0.05, 0.1) is 6.04 Å². The van der Waals surface area contributed by atoms with Crippen LogP contribution in [-0.2, 0) is 32.0 Å². The Bertz CT molecular complexity index is 1380. The van der Waals surface area contributed by atoms with Gasteiger partial charge in [0.2, 0.25) is 17.7 Å². The molecule has 8 N–H and O–H groups in total. The minimum absolute atomic E-state index is 0.0183. The Hall–Kier alpha value is -4.03. The van der Waals surface area contributed by atoms with Crippen molar-refractivity contribution in [2.24, 2.45) is 11.7 Å². The van der Waals surface area contributed by atoms with E-state index in [1.807, 2.05) is 30.5 Å². The summed E-state index contributed by atoms with van der Waals surface area (Å²) < 4.78 is 0. The average Bonchev–Trinajstić information content (AvgIpc) is 3.37. The number of nitrogens with two attached hydrogens (primary N) is 1. The van der Waals surface area contributed by atoms with Crippen LogP contribution >= 0.6 is 11.8 Å². The first-order chi connectivity index (χ1) is 20.0. The summed E-state index contributed by atoms with van der Waals surface area (Å²) in [5.74, 6) is -2.53. The molecule has 2 aromatic carbocycles. The fourth-order valence-corrected chi connectivity index (χ4v) is 4.89. The van der Waals surface area contributed by atoms with Gasteiger partial charge in [-0.2, -0.15) is 11.8 Å². The molecule has 0 bridgehead atoms. The molecule has 1 aromatic heterocycles. The minimum atomic E-state index is -1.27. The molecule has 0 saturated heterocycles. The van der Waals surface area contributed by atoms with Crippen molar-refractivity contribution in [2.75, 3.05) is 12.0 Å². The zero-order chi connectivity index (χ0) is 30.8. The predicted molar refractivity (Wildman–Crippen MR) is 163 cm³/mol. The second-order valence-electron chi connectivity index (χ2n) is 10.5. The van der Waals surface area contributed by atoms with E-state index in [0.29, 0.717) is 17.7 Å². The summed E-state index contributed by atoms with van der Waals surface area (Å²) in [4.78, 5) is 55.0. The summed E-state index contributed by atoms with van der Waals surface area (Å²) in [6, 6.07) is 9.37. The number of nitrogens with one attached hydrogen (secondary N) is 4. The SMILES string of the molecule is CSCCC(NC(=O)C(N)C(C)C)C(=O)NC(Cc1ccc(O)cc1)C(=O)NC(Cc1c[nH]c2ccccc12)C(=O)O. The molecule has 3 rings (SSSR count). The lowest BCUT2D eigenvalue weighted by Gasteiger charge is -2.26. The van der Waals surface area contributed by atoms with Crippen LogP contribution in [-0.4, -0.2) is 75.1 Å². The number of thioether (sulfide) groups is 1. The molecule has 1 heterocycles. The number of benzene rings is 2. The van der Waals surface area contributed by atoms with Crippen LogP contribution in [0.2, 0.25) is 0 Å².